The molecule has 0 bridgehead atoms. The molecule has 13 heavy (non-hydrogen) atoms. The Morgan fingerprint density at radius 3 is 1.46 bits per heavy atom. The van der Waals surface area contributed by atoms with E-state index in [9.17, 15) is 9.59 Å². The van der Waals surface area contributed by atoms with Crippen LogP contribution in [0.1, 0.15) is 27.7 Å². The lowest BCUT2D eigenvalue weighted by atomic mass is 9.74. The lowest BCUT2D eigenvalue weighted by Gasteiger charge is -2.29. The minimum absolute atomic E-state index is 0.318. The Kier molecular flexibility index (Phi) is 3.46. The Morgan fingerprint density at radius 2 is 1.38 bits per heavy atom. The minimum atomic E-state index is -1.32. The first kappa shape index (κ1) is 11.9. The molecule has 1 unspecified atom stereocenters. The van der Waals surface area contributed by atoms with Crippen molar-refractivity contribution in [2.24, 2.45) is 17.3 Å². The zero-order valence-electron chi connectivity index (χ0n) is 8.37. The van der Waals surface area contributed by atoms with Crippen molar-refractivity contribution in [2.75, 3.05) is 0 Å². The largest absolute Gasteiger partial charge is 0.481 e. The van der Waals surface area contributed by atoms with Crippen LogP contribution in [0.2, 0.25) is 0 Å². The molecule has 4 heteroatoms. The van der Waals surface area contributed by atoms with Crippen molar-refractivity contribution in [3.63, 3.8) is 0 Å². The molecule has 0 spiro atoms. The number of carboxylic acid groups (broad SMARTS) is 2. The number of hydrogen-bond donors (Lipinski definition) is 2. The van der Waals surface area contributed by atoms with Gasteiger partial charge in [0.15, 0.2) is 5.92 Å². The van der Waals surface area contributed by atoms with Crippen molar-refractivity contribution < 1.29 is 19.8 Å². The molecular weight excluding hydrogens is 172 g/mol. The van der Waals surface area contributed by atoms with Crippen LogP contribution in [-0.4, -0.2) is 22.2 Å². The standard InChI is InChI=1S/C9H16O4/c1-5(9(2,3)4)6(7(10)11)8(12)13/h5-6H,1-4H3,(H,10,11)(H,12,13). The van der Waals surface area contributed by atoms with Gasteiger partial charge in [-0.05, 0) is 11.3 Å². The second-order valence-electron chi connectivity index (χ2n) is 4.31. The van der Waals surface area contributed by atoms with E-state index in [4.69, 9.17) is 10.2 Å². The van der Waals surface area contributed by atoms with Crippen molar-refractivity contribution >= 4 is 11.9 Å². The molecule has 0 aromatic carbocycles. The SMILES string of the molecule is CC(C(C(=O)O)C(=O)O)C(C)(C)C. The van der Waals surface area contributed by atoms with E-state index in [0.717, 1.165) is 0 Å². The van der Waals surface area contributed by atoms with Gasteiger partial charge in [0.2, 0.25) is 0 Å². The summed E-state index contributed by atoms with van der Waals surface area (Å²) < 4.78 is 0. The Morgan fingerprint density at radius 1 is 1.08 bits per heavy atom. The maximum atomic E-state index is 10.6. The van der Waals surface area contributed by atoms with E-state index in [0.29, 0.717) is 0 Å². The van der Waals surface area contributed by atoms with Gasteiger partial charge in [-0.3, -0.25) is 9.59 Å². The molecule has 0 aliphatic rings. The quantitative estimate of drug-likeness (QED) is 0.657. The van der Waals surface area contributed by atoms with Crippen molar-refractivity contribution in [3.8, 4) is 0 Å². The van der Waals surface area contributed by atoms with Crippen LogP contribution >= 0.6 is 0 Å². The Hall–Kier alpha value is -1.06. The van der Waals surface area contributed by atoms with E-state index in [1.807, 2.05) is 20.8 Å². The van der Waals surface area contributed by atoms with Gasteiger partial charge in [0, 0.05) is 0 Å². The fourth-order valence-corrected chi connectivity index (χ4v) is 1.03. The van der Waals surface area contributed by atoms with Gasteiger partial charge in [-0.15, -0.1) is 0 Å². The van der Waals surface area contributed by atoms with Crippen LogP contribution in [0, 0.1) is 17.3 Å². The third-order valence-corrected chi connectivity index (χ3v) is 2.40. The number of rotatable bonds is 3. The molecule has 0 radical (unpaired) electrons. The first-order chi connectivity index (χ1) is 5.68. The molecule has 1 atom stereocenters. The van der Waals surface area contributed by atoms with Gasteiger partial charge in [-0.25, -0.2) is 0 Å². The van der Waals surface area contributed by atoms with Crippen LogP contribution in [0.3, 0.4) is 0 Å². The lowest BCUT2D eigenvalue weighted by Crippen LogP contribution is -2.36. The summed E-state index contributed by atoms with van der Waals surface area (Å²) >= 11 is 0. The number of carboxylic acids is 2. The van der Waals surface area contributed by atoms with Crippen LogP contribution in [0.5, 0.6) is 0 Å². The molecule has 0 aliphatic carbocycles. The van der Waals surface area contributed by atoms with Gasteiger partial charge in [-0.2, -0.15) is 0 Å². The number of aliphatic carboxylic acids is 2. The van der Waals surface area contributed by atoms with Crippen LogP contribution in [0.15, 0.2) is 0 Å². The normalized spacial score (nSPS) is 14.2. The molecule has 4 nitrogen and oxygen atoms in total. The van der Waals surface area contributed by atoms with E-state index in [2.05, 4.69) is 0 Å². The Balaban J connectivity index is 4.77. The molecule has 0 amide bonds. The van der Waals surface area contributed by atoms with E-state index in [-0.39, 0.29) is 5.41 Å². The second-order valence-corrected chi connectivity index (χ2v) is 4.31. The van der Waals surface area contributed by atoms with Crippen LogP contribution in [0.4, 0.5) is 0 Å². The summed E-state index contributed by atoms with van der Waals surface area (Å²) in [5.41, 5.74) is -0.318. The molecule has 0 aliphatic heterocycles. The van der Waals surface area contributed by atoms with E-state index in [1.165, 1.54) is 0 Å². The summed E-state index contributed by atoms with van der Waals surface area (Å²) in [5.74, 6) is -4.26. The van der Waals surface area contributed by atoms with Crippen LogP contribution in [-0.2, 0) is 9.59 Å². The monoisotopic (exact) mass is 188 g/mol. The zero-order valence-corrected chi connectivity index (χ0v) is 8.37. The molecule has 0 fully saturated rings. The summed E-state index contributed by atoms with van der Waals surface area (Å²) in [6, 6.07) is 0. The van der Waals surface area contributed by atoms with Crippen molar-refractivity contribution in [3.05, 3.63) is 0 Å². The summed E-state index contributed by atoms with van der Waals surface area (Å²) in [6.07, 6.45) is 0. The summed E-state index contributed by atoms with van der Waals surface area (Å²) in [7, 11) is 0. The third-order valence-electron chi connectivity index (χ3n) is 2.40. The predicted molar refractivity (Wildman–Crippen MR) is 47.4 cm³/mol. The van der Waals surface area contributed by atoms with Gasteiger partial charge in [0.1, 0.15) is 0 Å². The maximum absolute atomic E-state index is 10.6. The Bertz CT molecular complexity index is 200. The van der Waals surface area contributed by atoms with E-state index in [1.54, 1.807) is 6.92 Å². The number of hydrogen-bond acceptors (Lipinski definition) is 2. The average Bonchev–Trinajstić information content (AvgIpc) is 1.82. The van der Waals surface area contributed by atoms with Crippen LogP contribution in [0.25, 0.3) is 0 Å². The fraction of sp³-hybridized carbons (Fsp3) is 0.778. The Labute approximate surface area is 77.6 Å². The number of carbonyl (C=O) groups is 2. The molecule has 0 aromatic heterocycles. The van der Waals surface area contributed by atoms with E-state index >= 15 is 0 Å². The van der Waals surface area contributed by atoms with Gasteiger partial charge in [-0.1, -0.05) is 27.7 Å². The summed E-state index contributed by atoms with van der Waals surface area (Å²) in [5, 5.41) is 17.4. The third kappa shape index (κ3) is 3.05. The first-order valence-corrected chi connectivity index (χ1v) is 4.13. The molecule has 0 saturated carbocycles. The molecule has 0 aromatic rings. The van der Waals surface area contributed by atoms with Gasteiger partial charge in [0.05, 0.1) is 0 Å². The highest BCUT2D eigenvalue weighted by molar-refractivity contribution is 5.93. The second kappa shape index (κ2) is 3.77. The predicted octanol–water partition coefficient (Wildman–Crippen LogP) is 1.45. The molecule has 0 saturated heterocycles. The van der Waals surface area contributed by atoms with Crippen molar-refractivity contribution in [1.82, 2.24) is 0 Å². The first-order valence-electron chi connectivity index (χ1n) is 4.13. The average molecular weight is 188 g/mol. The fourth-order valence-electron chi connectivity index (χ4n) is 1.03. The maximum Gasteiger partial charge on any atom is 0.318 e. The van der Waals surface area contributed by atoms with Gasteiger partial charge >= 0.3 is 11.9 Å². The highest BCUT2D eigenvalue weighted by Crippen LogP contribution is 2.31. The molecular formula is C9H16O4. The molecule has 2 N–H and O–H groups in total. The van der Waals surface area contributed by atoms with Gasteiger partial charge in [0.25, 0.3) is 0 Å². The van der Waals surface area contributed by atoms with Gasteiger partial charge < -0.3 is 10.2 Å². The lowest BCUT2D eigenvalue weighted by molar-refractivity contribution is -0.159. The highest BCUT2D eigenvalue weighted by atomic mass is 16.4. The highest BCUT2D eigenvalue weighted by Gasteiger charge is 2.38. The summed E-state index contributed by atoms with van der Waals surface area (Å²) in [4.78, 5) is 21.3. The zero-order chi connectivity index (χ0) is 10.8. The van der Waals surface area contributed by atoms with E-state index < -0.39 is 23.8 Å². The minimum Gasteiger partial charge on any atom is -0.481 e. The van der Waals surface area contributed by atoms with Crippen molar-refractivity contribution in [2.45, 2.75) is 27.7 Å². The molecule has 0 heterocycles. The molecule has 76 valence electrons. The topological polar surface area (TPSA) is 74.6 Å². The van der Waals surface area contributed by atoms with Crippen molar-refractivity contribution in [1.29, 1.82) is 0 Å². The van der Waals surface area contributed by atoms with Crippen LogP contribution < -0.4 is 0 Å². The molecule has 0 rings (SSSR count). The smallest absolute Gasteiger partial charge is 0.318 e. The summed E-state index contributed by atoms with van der Waals surface area (Å²) in [6.45, 7) is 7.14.